The summed E-state index contributed by atoms with van der Waals surface area (Å²) in [5, 5.41) is 0. The Morgan fingerprint density at radius 3 is 2.39 bits per heavy atom. The van der Waals surface area contributed by atoms with E-state index in [1.54, 1.807) is 0 Å². The second kappa shape index (κ2) is 6.39. The van der Waals surface area contributed by atoms with Crippen molar-refractivity contribution in [3.8, 4) is 11.1 Å². The van der Waals surface area contributed by atoms with Gasteiger partial charge in [0.25, 0.3) is 0 Å². The van der Waals surface area contributed by atoms with Crippen LogP contribution < -0.4 is 0 Å². The van der Waals surface area contributed by atoms with Gasteiger partial charge in [0.2, 0.25) is 0 Å². The molecular weight excluding hydrogens is 216 g/mol. The van der Waals surface area contributed by atoms with E-state index in [2.05, 4.69) is 50.2 Å². The summed E-state index contributed by atoms with van der Waals surface area (Å²) in [4.78, 5) is 0. The minimum atomic E-state index is 1.16. The number of hydrogen-bond acceptors (Lipinski definition) is 0. The maximum Gasteiger partial charge on any atom is -0.00991 e. The monoisotopic (exact) mass is 237 g/mol. The van der Waals surface area contributed by atoms with Crippen LogP contribution in [-0.2, 0) is 12.8 Å². The molecule has 1 radical (unpaired) electrons. The molecule has 0 bridgehead atoms. The molecule has 0 aliphatic carbocycles. The van der Waals surface area contributed by atoms with Gasteiger partial charge in [-0.15, -0.1) is 0 Å². The van der Waals surface area contributed by atoms with E-state index >= 15 is 0 Å². The van der Waals surface area contributed by atoms with Crippen LogP contribution in [-0.4, -0.2) is 0 Å². The number of hydrogen-bond donors (Lipinski definition) is 0. The summed E-state index contributed by atoms with van der Waals surface area (Å²) in [5.41, 5.74) is 5.61. The third kappa shape index (κ3) is 2.81. The Kier molecular flexibility index (Phi) is 4.58. The second-order valence-electron chi connectivity index (χ2n) is 4.72. The first-order valence-corrected chi connectivity index (χ1v) is 6.94. The zero-order valence-electron chi connectivity index (χ0n) is 11.4. The van der Waals surface area contributed by atoms with Gasteiger partial charge in [0.1, 0.15) is 0 Å². The Bertz CT molecular complexity index is 483. The molecule has 2 aromatic rings. The van der Waals surface area contributed by atoms with Crippen molar-refractivity contribution in [2.24, 2.45) is 0 Å². The molecule has 0 saturated carbocycles. The highest BCUT2D eigenvalue weighted by Gasteiger charge is 2.08. The molecule has 2 aromatic carbocycles. The third-order valence-corrected chi connectivity index (χ3v) is 3.29. The number of benzene rings is 2. The molecule has 0 nitrogen and oxygen atoms in total. The summed E-state index contributed by atoms with van der Waals surface area (Å²) in [6.45, 7) is 4.50. The first-order chi connectivity index (χ1) is 8.86. The molecule has 0 aromatic heterocycles. The van der Waals surface area contributed by atoms with Crippen LogP contribution in [0.15, 0.2) is 42.5 Å². The minimum Gasteiger partial charge on any atom is -0.0651 e. The standard InChI is InChI=1S/C18H21/c1-3-9-15-13-8-14-18(17(15)10-4-2)16-11-6-5-7-12-16/h5-8,11,13-14H,3-4,9-10H2,1-2H3. The molecule has 18 heavy (non-hydrogen) atoms. The van der Waals surface area contributed by atoms with Crippen LogP contribution in [0.3, 0.4) is 0 Å². The van der Waals surface area contributed by atoms with Crippen molar-refractivity contribution in [1.82, 2.24) is 0 Å². The number of rotatable bonds is 5. The predicted octanol–water partition coefficient (Wildman–Crippen LogP) is 5.06. The molecule has 93 valence electrons. The Morgan fingerprint density at radius 2 is 1.72 bits per heavy atom. The minimum absolute atomic E-state index is 1.16. The lowest BCUT2D eigenvalue weighted by molar-refractivity contribution is 0.863. The second-order valence-corrected chi connectivity index (χ2v) is 4.72. The first-order valence-electron chi connectivity index (χ1n) is 6.94. The van der Waals surface area contributed by atoms with E-state index in [1.807, 2.05) is 12.1 Å². The molecule has 0 saturated heterocycles. The van der Waals surface area contributed by atoms with Gasteiger partial charge in [0, 0.05) is 0 Å². The van der Waals surface area contributed by atoms with Gasteiger partial charge in [-0.3, -0.25) is 0 Å². The first kappa shape index (κ1) is 12.9. The SMILES string of the molecule is CCCc1cccc(-c2[c]cccc2)c1CCC. The summed E-state index contributed by atoms with van der Waals surface area (Å²) in [6, 6.07) is 18.3. The van der Waals surface area contributed by atoms with Gasteiger partial charge in [-0.2, -0.15) is 0 Å². The third-order valence-electron chi connectivity index (χ3n) is 3.29. The molecule has 0 fully saturated rings. The lowest BCUT2D eigenvalue weighted by Gasteiger charge is -2.14. The highest BCUT2D eigenvalue weighted by molar-refractivity contribution is 5.68. The van der Waals surface area contributed by atoms with Crippen molar-refractivity contribution >= 4 is 0 Å². The van der Waals surface area contributed by atoms with E-state index in [-0.39, 0.29) is 0 Å². The van der Waals surface area contributed by atoms with Crippen LogP contribution in [0.1, 0.15) is 37.8 Å². The molecule has 2 rings (SSSR count). The molecule has 0 unspecified atom stereocenters. The van der Waals surface area contributed by atoms with Crippen molar-refractivity contribution in [1.29, 1.82) is 0 Å². The van der Waals surface area contributed by atoms with Gasteiger partial charge < -0.3 is 0 Å². The van der Waals surface area contributed by atoms with Crippen molar-refractivity contribution < 1.29 is 0 Å². The van der Waals surface area contributed by atoms with Crippen LogP contribution in [0, 0.1) is 6.07 Å². The molecule has 0 aliphatic heterocycles. The molecule has 0 amide bonds. The maximum absolute atomic E-state index is 3.35. The zero-order valence-corrected chi connectivity index (χ0v) is 11.4. The maximum atomic E-state index is 3.35. The molecule has 0 atom stereocenters. The van der Waals surface area contributed by atoms with Crippen molar-refractivity contribution in [3.05, 3.63) is 59.7 Å². The predicted molar refractivity (Wildman–Crippen MR) is 78.7 cm³/mol. The smallest absolute Gasteiger partial charge is 0.00991 e. The van der Waals surface area contributed by atoms with Crippen molar-refractivity contribution in [3.63, 3.8) is 0 Å². The van der Waals surface area contributed by atoms with Crippen LogP contribution in [0.25, 0.3) is 11.1 Å². The van der Waals surface area contributed by atoms with Crippen molar-refractivity contribution in [2.75, 3.05) is 0 Å². The quantitative estimate of drug-likeness (QED) is 0.682. The van der Waals surface area contributed by atoms with Gasteiger partial charge in [0.05, 0.1) is 0 Å². The Balaban J connectivity index is 2.49. The van der Waals surface area contributed by atoms with Crippen LogP contribution >= 0.6 is 0 Å². The van der Waals surface area contributed by atoms with Crippen LogP contribution in [0.5, 0.6) is 0 Å². The van der Waals surface area contributed by atoms with E-state index in [0.29, 0.717) is 0 Å². The van der Waals surface area contributed by atoms with Gasteiger partial charge in [-0.25, -0.2) is 0 Å². The fourth-order valence-corrected chi connectivity index (χ4v) is 2.50. The lowest BCUT2D eigenvalue weighted by atomic mass is 9.91. The summed E-state index contributed by atoms with van der Waals surface area (Å²) in [5.74, 6) is 0. The highest BCUT2D eigenvalue weighted by atomic mass is 14.1. The van der Waals surface area contributed by atoms with Crippen LogP contribution in [0.2, 0.25) is 0 Å². The largest absolute Gasteiger partial charge is 0.0651 e. The van der Waals surface area contributed by atoms with Crippen molar-refractivity contribution in [2.45, 2.75) is 39.5 Å². The Hall–Kier alpha value is -1.56. The van der Waals surface area contributed by atoms with E-state index in [0.717, 1.165) is 6.42 Å². The highest BCUT2D eigenvalue weighted by Crippen LogP contribution is 2.27. The molecular formula is C18H21. The normalized spacial score (nSPS) is 10.6. The molecule has 0 heterocycles. The molecule has 0 spiro atoms. The van der Waals surface area contributed by atoms with E-state index in [9.17, 15) is 0 Å². The van der Waals surface area contributed by atoms with Gasteiger partial charge >= 0.3 is 0 Å². The van der Waals surface area contributed by atoms with Crippen LogP contribution in [0.4, 0.5) is 0 Å². The molecule has 0 heteroatoms. The van der Waals surface area contributed by atoms with Gasteiger partial charge in [-0.05, 0) is 41.2 Å². The summed E-state index contributed by atoms with van der Waals surface area (Å²) in [7, 11) is 0. The summed E-state index contributed by atoms with van der Waals surface area (Å²) >= 11 is 0. The van der Waals surface area contributed by atoms with Gasteiger partial charge in [0.15, 0.2) is 0 Å². The average molecular weight is 237 g/mol. The zero-order chi connectivity index (χ0) is 12.8. The lowest BCUT2D eigenvalue weighted by Crippen LogP contribution is -1.97. The van der Waals surface area contributed by atoms with E-state index in [4.69, 9.17) is 0 Å². The number of aryl methyl sites for hydroxylation is 1. The Labute approximate surface area is 111 Å². The summed E-state index contributed by atoms with van der Waals surface area (Å²) in [6.07, 6.45) is 4.74. The van der Waals surface area contributed by atoms with E-state index in [1.165, 1.54) is 41.5 Å². The fourth-order valence-electron chi connectivity index (χ4n) is 2.50. The molecule has 0 N–H and O–H groups in total. The fraction of sp³-hybridized carbons (Fsp3) is 0.333. The van der Waals surface area contributed by atoms with E-state index < -0.39 is 0 Å². The average Bonchev–Trinajstić information content (AvgIpc) is 2.42. The molecule has 0 aliphatic rings. The summed E-state index contributed by atoms with van der Waals surface area (Å²) < 4.78 is 0. The topological polar surface area (TPSA) is 0 Å². The van der Waals surface area contributed by atoms with Gasteiger partial charge in [-0.1, -0.05) is 69.2 Å². The Morgan fingerprint density at radius 1 is 0.889 bits per heavy atom.